The molecule has 2 atom stereocenters. The Morgan fingerprint density at radius 1 is 1.05 bits per heavy atom. The molecule has 4 N–H and O–H groups in total. The predicted octanol–water partition coefficient (Wildman–Crippen LogP) is 3.46. The number of carboxylic acids is 1. The van der Waals surface area contributed by atoms with Crippen molar-refractivity contribution in [2.45, 2.75) is 18.9 Å². The van der Waals surface area contributed by atoms with Gasteiger partial charge in [0.25, 0.3) is 0 Å². The molecular weight excluding hydrogens is 532 g/mol. The third-order valence-electron chi connectivity index (χ3n) is 6.64. The lowest BCUT2D eigenvalue weighted by molar-refractivity contribution is -0.138. The Morgan fingerprint density at radius 2 is 1.83 bits per heavy atom. The molecule has 3 aromatic carbocycles. The Balaban J connectivity index is 1.26. The van der Waals surface area contributed by atoms with Crippen LogP contribution in [0.2, 0.25) is 0 Å². The van der Waals surface area contributed by atoms with Gasteiger partial charge in [-0.25, -0.2) is 9.79 Å². The summed E-state index contributed by atoms with van der Waals surface area (Å²) in [7, 11) is 0. The summed E-state index contributed by atoms with van der Waals surface area (Å²) in [6.07, 6.45) is 0.875. The molecule has 0 aromatic heterocycles. The van der Waals surface area contributed by atoms with Crippen molar-refractivity contribution in [3.8, 4) is 17.2 Å². The van der Waals surface area contributed by atoms with E-state index in [0.29, 0.717) is 17.1 Å². The zero-order chi connectivity index (χ0) is 28.9. The molecule has 3 aromatic rings. The van der Waals surface area contributed by atoms with Gasteiger partial charge in [0.1, 0.15) is 5.75 Å². The van der Waals surface area contributed by atoms with Gasteiger partial charge in [0.2, 0.25) is 18.6 Å². The number of hydrogen-bond donors (Lipinski definition) is 4. The number of carbonyl (C=O) groups excluding carboxylic acids is 3. The standard InChI is InChI=1S/C29H26N4O8/c34-23-8-7-20(31-29(39)30-14-17-4-2-1-3-5-17)12-22(23)33-15-19(11-26(33)35)28(38)32-21(13-27(36)37)18-6-9-24-25(10-18)41-16-40-24/h1-10,12,14,19,21,34H,11,13,15-16H2,(H,31,39)(H,32,38)(H,36,37)/b30-14-. The first kappa shape index (κ1) is 27.2. The summed E-state index contributed by atoms with van der Waals surface area (Å²) in [5.41, 5.74) is 1.67. The van der Waals surface area contributed by atoms with Gasteiger partial charge in [0.15, 0.2) is 11.5 Å². The van der Waals surface area contributed by atoms with E-state index in [0.717, 1.165) is 5.56 Å². The van der Waals surface area contributed by atoms with E-state index in [4.69, 9.17) is 9.47 Å². The lowest BCUT2D eigenvalue weighted by Gasteiger charge is -2.21. The van der Waals surface area contributed by atoms with Crippen LogP contribution in [0.15, 0.2) is 71.7 Å². The van der Waals surface area contributed by atoms with Crippen molar-refractivity contribution in [3.05, 3.63) is 77.9 Å². The summed E-state index contributed by atoms with van der Waals surface area (Å²) in [5.74, 6) is -2.09. The summed E-state index contributed by atoms with van der Waals surface area (Å²) < 4.78 is 10.7. The zero-order valence-corrected chi connectivity index (χ0v) is 21.6. The second-order valence-electron chi connectivity index (χ2n) is 9.48. The molecule has 2 aliphatic heterocycles. The molecule has 0 aliphatic carbocycles. The van der Waals surface area contributed by atoms with E-state index >= 15 is 0 Å². The first-order valence-corrected chi connectivity index (χ1v) is 12.7. The van der Waals surface area contributed by atoms with E-state index in [2.05, 4.69) is 15.6 Å². The molecule has 0 bridgehead atoms. The van der Waals surface area contributed by atoms with Crippen molar-refractivity contribution in [1.82, 2.24) is 5.32 Å². The number of anilines is 2. The monoisotopic (exact) mass is 558 g/mol. The summed E-state index contributed by atoms with van der Waals surface area (Å²) in [6.45, 7) is -0.00386. The number of ether oxygens (including phenoxy) is 2. The van der Waals surface area contributed by atoms with Crippen molar-refractivity contribution >= 4 is 41.4 Å². The number of aliphatic carboxylic acids is 1. The van der Waals surface area contributed by atoms with E-state index < -0.39 is 35.8 Å². The Bertz CT molecular complexity index is 1520. The highest BCUT2D eigenvalue weighted by molar-refractivity contribution is 6.03. The number of carboxylic acid groups (broad SMARTS) is 1. The van der Waals surface area contributed by atoms with Crippen LogP contribution in [-0.4, -0.2) is 53.6 Å². The molecule has 12 heteroatoms. The van der Waals surface area contributed by atoms with E-state index in [9.17, 15) is 29.4 Å². The van der Waals surface area contributed by atoms with Crippen molar-refractivity contribution in [1.29, 1.82) is 0 Å². The molecule has 1 saturated heterocycles. The van der Waals surface area contributed by atoms with Gasteiger partial charge in [-0.15, -0.1) is 0 Å². The maximum atomic E-state index is 13.2. The lowest BCUT2D eigenvalue weighted by atomic mass is 10.0. The number of phenolic OH excluding ortho intramolecular Hbond substituents is 1. The van der Waals surface area contributed by atoms with E-state index in [-0.39, 0.29) is 43.3 Å². The van der Waals surface area contributed by atoms with Gasteiger partial charge in [0, 0.05) is 24.9 Å². The zero-order valence-electron chi connectivity index (χ0n) is 21.6. The van der Waals surface area contributed by atoms with Crippen molar-refractivity contribution in [3.63, 3.8) is 0 Å². The number of urea groups is 1. The van der Waals surface area contributed by atoms with Gasteiger partial charge in [-0.3, -0.25) is 14.4 Å². The molecule has 0 saturated carbocycles. The van der Waals surface area contributed by atoms with Gasteiger partial charge >= 0.3 is 12.0 Å². The van der Waals surface area contributed by atoms with Crippen LogP contribution in [0, 0.1) is 5.92 Å². The number of aliphatic imine (C=N–C) groups is 1. The molecule has 1 fully saturated rings. The third kappa shape index (κ3) is 6.44. The van der Waals surface area contributed by atoms with Crippen LogP contribution in [0.25, 0.3) is 0 Å². The molecule has 2 heterocycles. The van der Waals surface area contributed by atoms with E-state index in [1.54, 1.807) is 30.3 Å². The fourth-order valence-electron chi connectivity index (χ4n) is 4.61. The van der Waals surface area contributed by atoms with Gasteiger partial charge in [-0.05, 0) is 41.5 Å². The minimum absolute atomic E-state index is 0.0490. The number of hydrogen-bond acceptors (Lipinski definition) is 7. The average molecular weight is 559 g/mol. The van der Waals surface area contributed by atoms with Crippen LogP contribution in [0.3, 0.4) is 0 Å². The molecular formula is C29H26N4O8. The largest absolute Gasteiger partial charge is 0.506 e. The van der Waals surface area contributed by atoms with Crippen LogP contribution in [0.1, 0.15) is 30.0 Å². The second-order valence-corrected chi connectivity index (χ2v) is 9.48. The highest BCUT2D eigenvalue weighted by Crippen LogP contribution is 2.37. The fourth-order valence-corrected chi connectivity index (χ4v) is 4.61. The van der Waals surface area contributed by atoms with Crippen molar-refractivity contribution in [2.24, 2.45) is 10.9 Å². The molecule has 41 heavy (non-hydrogen) atoms. The molecule has 0 spiro atoms. The quantitative estimate of drug-likeness (QED) is 0.241. The number of amides is 4. The van der Waals surface area contributed by atoms with Gasteiger partial charge in [0.05, 0.1) is 24.1 Å². The first-order valence-electron chi connectivity index (χ1n) is 12.7. The van der Waals surface area contributed by atoms with Crippen molar-refractivity contribution < 1.29 is 38.9 Å². The maximum Gasteiger partial charge on any atom is 0.345 e. The highest BCUT2D eigenvalue weighted by atomic mass is 16.7. The molecule has 0 radical (unpaired) electrons. The molecule has 2 aliphatic rings. The SMILES string of the molecule is O=C(O)CC(NC(=O)C1CC(=O)N(c2cc(NC(=O)/N=C\c3ccccc3)ccc2O)C1)c1ccc2c(c1)OCO2. The number of nitrogens with one attached hydrogen (secondary N) is 2. The third-order valence-corrected chi connectivity index (χ3v) is 6.64. The highest BCUT2D eigenvalue weighted by Gasteiger charge is 2.37. The Labute approximate surface area is 234 Å². The minimum atomic E-state index is -1.12. The van der Waals surface area contributed by atoms with E-state index in [1.807, 2.05) is 18.2 Å². The average Bonchev–Trinajstić information content (AvgIpc) is 3.59. The molecule has 4 amide bonds. The van der Waals surface area contributed by atoms with Gasteiger partial charge < -0.3 is 35.2 Å². The van der Waals surface area contributed by atoms with Crippen LogP contribution < -0.4 is 25.0 Å². The minimum Gasteiger partial charge on any atom is -0.506 e. The summed E-state index contributed by atoms with van der Waals surface area (Å²) in [4.78, 5) is 55.0. The molecule has 5 rings (SSSR count). The topological polar surface area (TPSA) is 167 Å². The maximum absolute atomic E-state index is 13.2. The molecule has 2 unspecified atom stereocenters. The number of aromatic hydroxyl groups is 1. The molecule has 12 nitrogen and oxygen atoms in total. The van der Waals surface area contributed by atoms with Crippen LogP contribution in [-0.2, 0) is 14.4 Å². The Hall–Kier alpha value is -5.39. The number of benzene rings is 3. The number of phenols is 1. The first-order chi connectivity index (χ1) is 19.8. The normalized spacial score (nSPS) is 16.5. The summed E-state index contributed by atoms with van der Waals surface area (Å²) >= 11 is 0. The van der Waals surface area contributed by atoms with Gasteiger partial charge in [-0.2, -0.15) is 0 Å². The summed E-state index contributed by atoms with van der Waals surface area (Å²) in [5, 5.41) is 25.2. The molecule has 210 valence electrons. The number of nitrogens with zero attached hydrogens (tertiary/aromatic N) is 2. The number of rotatable bonds is 8. The second kappa shape index (κ2) is 11.8. The number of fused-ring (bicyclic) bond motifs is 1. The smallest absolute Gasteiger partial charge is 0.345 e. The van der Waals surface area contributed by atoms with Crippen LogP contribution in [0.5, 0.6) is 17.2 Å². The lowest BCUT2D eigenvalue weighted by Crippen LogP contribution is -2.36. The Morgan fingerprint density at radius 3 is 2.61 bits per heavy atom. The summed E-state index contributed by atoms with van der Waals surface area (Å²) in [6, 6.07) is 16.6. The van der Waals surface area contributed by atoms with Crippen molar-refractivity contribution in [2.75, 3.05) is 23.6 Å². The van der Waals surface area contributed by atoms with Crippen LogP contribution in [0.4, 0.5) is 16.2 Å². The van der Waals surface area contributed by atoms with E-state index in [1.165, 1.54) is 29.3 Å². The fraction of sp³-hybridized carbons (Fsp3) is 0.207. The Kier molecular flexibility index (Phi) is 7.81. The number of carbonyl (C=O) groups is 4. The van der Waals surface area contributed by atoms with Crippen LogP contribution >= 0.6 is 0 Å². The predicted molar refractivity (Wildman–Crippen MR) is 147 cm³/mol. The van der Waals surface area contributed by atoms with Gasteiger partial charge in [-0.1, -0.05) is 36.4 Å².